The lowest BCUT2D eigenvalue weighted by molar-refractivity contribution is -0.155. The molecule has 0 aliphatic carbocycles. The van der Waals surface area contributed by atoms with Crippen LogP contribution >= 0.6 is 0 Å². The second-order valence-electron chi connectivity index (χ2n) is 7.25. The molecule has 5 heteroatoms. The molecule has 1 atom stereocenters. The van der Waals surface area contributed by atoms with Gasteiger partial charge in [-0.25, -0.2) is 0 Å². The van der Waals surface area contributed by atoms with E-state index < -0.39 is 5.60 Å². The van der Waals surface area contributed by atoms with Gasteiger partial charge in [0.05, 0.1) is 25.3 Å². The first-order chi connectivity index (χ1) is 11.7. The number of carbonyl (C=O) groups excluding carboxylic acids is 2. The molecule has 1 heterocycles. The highest BCUT2D eigenvalue weighted by atomic mass is 16.6. The first-order valence-corrected chi connectivity index (χ1v) is 8.34. The Labute approximate surface area is 147 Å². The summed E-state index contributed by atoms with van der Waals surface area (Å²) in [7, 11) is 1.62. The zero-order valence-electron chi connectivity index (χ0n) is 15.3. The fraction of sp³-hybridized carbons (Fsp3) is 0.400. The number of carbonyl (C=O) groups is 2. The minimum absolute atomic E-state index is 0.101. The molecule has 0 fully saturated rings. The Morgan fingerprint density at radius 2 is 1.88 bits per heavy atom. The predicted molar refractivity (Wildman–Crippen MR) is 96.9 cm³/mol. The minimum atomic E-state index is -0.557. The van der Waals surface area contributed by atoms with E-state index in [9.17, 15) is 9.59 Å². The predicted octanol–water partition coefficient (Wildman–Crippen LogP) is 3.99. The lowest BCUT2D eigenvalue weighted by Gasteiger charge is -2.26. The van der Waals surface area contributed by atoms with Crippen LogP contribution in [0.2, 0.25) is 0 Å². The fourth-order valence-corrected chi connectivity index (χ4v) is 3.48. The van der Waals surface area contributed by atoms with Gasteiger partial charge in [0.25, 0.3) is 0 Å². The van der Waals surface area contributed by atoms with Crippen LogP contribution in [0.5, 0.6) is 5.75 Å². The van der Waals surface area contributed by atoms with Crippen molar-refractivity contribution in [1.29, 1.82) is 0 Å². The monoisotopic (exact) mass is 341 g/mol. The van der Waals surface area contributed by atoms with Crippen LogP contribution in [0.15, 0.2) is 30.3 Å². The maximum absolute atomic E-state index is 12.4. The van der Waals surface area contributed by atoms with Gasteiger partial charge >= 0.3 is 5.97 Å². The van der Waals surface area contributed by atoms with Crippen LogP contribution in [0.1, 0.15) is 45.7 Å². The van der Waals surface area contributed by atoms with Crippen LogP contribution in [0.4, 0.5) is 5.69 Å². The number of nitrogens with zero attached hydrogens (tertiary/aromatic N) is 1. The third-order valence-electron chi connectivity index (χ3n) is 4.28. The van der Waals surface area contributed by atoms with E-state index in [1.807, 2.05) is 51.1 Å². The molecule has 132 valence electrons. The number of amides is 1. The second kappa shape index (κ2) is 6.06. The number of rotatable bonds is 3. The van der Waals surface area contributed by atoms with Crippen molar-refractivity contribution in [3.05, 3.63) is 35.9 Å². The molecule has 1 amide bonds. The standard InChI is InChI=1S/C20H23NO4/c1-12(22)21-15-8-6-7-14-17(24-5)10-9-13(19(14)15)16(21)11-18(23)25-20(2,3)4/h6-10,16H,11H2,1-5H3. The van der Waals surface area contributed by atoms with E-state index in [2.05, 4.69) is 0 Å². The highest BCUT2D eigenvalue weighted by Gasteiger charge is 2.37. The smallest absolute Gasteiger partial charge is 0.308 e. The number of esters is 1. The Hall–Kier alpha value is -2.56. The highest BCUT2D eigenvalue weighted by Crippen LogP contribution is 2.48. The number of methoxy groups -OCH3 is 1. The summed E-state index contributed by atoms with van der Waals surface area (Å²) in [5, 5.41) is 1.90. The van der Waals surface area contributed by atoms with E-state index >= 15 is 0 Å². The Kier molecular flexibility index (Phi) is 4.19. The number of anilines is 1. The molecule has 2 aromatic carbocycles. The summed E-state index contributed by atoms with van der Waals surface area (Å²) in [4.78, 5) is 26.4. The van der Waals surface area contributed by atoms with E-state index in [-0.39, 0.29) is 24.3 Å². The van der Waals surface area contributed by atoms with Crippen LogP contribution in [-0.2, 0) is 14.3 Å². The minimum Gasteiger partial charge on any atom is -0.496 e. The van der Waals surface area contributed by atoms with Gasteiger partial charge in [0, 0.05) is 17.7 Å². The van der Waals surface area contributed by atoms with E-state index in [0.29, 0.717) is 0 Å². The van der Waals surface area contributed by atoms with E-state index in [4.69, 9.17) is 9.47 Å². The van der Waals surface area contributed by atoms with E-state index in [1.54, 1.807) is 12.0 Å². The Morgan fingerprint density at radius 1 is 1.16 bits per heavy atom. The van der Waals surface area contributed by atoms with Crippen molar-refractivity contribution in [2.24, 2.45) is 0 Å². The molecule has 5 nitrogen and oxygen atoms in total. The van der Waals surface area contributed by atoms with Crippen LogP contribution in [0, 0.1) is 0 Å². The number of benzene rings is 2. The highest BCUT2D eigenvalue weighted by molar-refractivity contribution is 6.11. The van der Waals surface area contributed by atoms with Gasteiger partial charge in [-0.1, -0.05) is 18.2 Å². The molecule has 1 aliphatic heterocycles. The van der Waals surface area contributed by atoms with Crippen molar-refractivity contribution in [2.75, 3.05) is 12.0 Å². The van der Waals surface area contributed by atoms with Crippen molar-refractivity contribution < 1.29 is 19.1 Å². The lowest BCUT2D eigenvalue weighted by Crippen LogP contribution is -2.33. The second-order valence-corrected chi connectivity index (χ2v) is 7.25. The Balaban J connectivity index is 2.08. The summed E-state index contributed by atoms with van der Waals surface area (Å²) in [5.74, 6) is 0.332. The molecule has 2 aromatic rings. The molecule has 0 saturated heterocycles. The van der Waals surface area contributed by atoms with Crippen LogP contribution in [0.25, 0.3) is 10.8 Å². The molecule has 0 radical (unpaired) electrons. The van der Waals surface area contributed by atoms with Gasteiger partial charge in [-0.2, -0.15) is 0 Å². The zero-order valence-corrected chi connectivity index (χ0v) is 15.3. The molecule has 1 unspecified atom stereocenters. The normalized spacial score (nSPS) is 16.2. The van der Waals surface area contributed by atoms with Crippen LogP contribution in [-0.4, -0.2) is 24.6 Å². The van der Waals surface area contributed by atoms with Gasteiger partial charge in [0.2, 0.25) is 5.91 Å². The third kappa shape index (κ3) is 3.06. The summed E-state index contributed by atoms with van der Waals surface area (Å²) < 4.78 is 10.9. The molecular weight excluding hydrogens is 318 g/mol. The van der Waals surface area contributed by atoms with E-state index in [1.165, 1.54) is 6.92 Å². The van der Waals surface area contributed by atoms with E-state index in [0.717, 1.165) is 27.8 Å². The maximum Gasteiger partial charge on any atom is 0.308 e. The van der Waals surface area contributed by atoms with Gasteiger partial charge in [-0.05, 0) is 38.5 Å². The molecule has 0 saturated carbocycles. The number of ether oxygens (including phenoxy) is 2. The Morgan fingerprint density at radius 3 is 2.48 bits per heavy atom. The third-order valence-corrected chi connectivity index (χ3v) is 4.28. The van der Waals surface area contributed by atoms with Gasteiger partial charge in [-0.15, -0.1) is 0 Å². The van der Waals surface area contributed by atoms with Crippen LogP contribution < -0.4 is 9.64 Å². The summed E-state index contributed by atoms with van der Waals surface area (Å²) in [6.07, 6.45) is 0.118. The van der Waals surface area contributed by atoms with Crippen molar-refractivity contribution in [1.82, 2.24) is 0 Å². The lowest BCUT2D eigenvalue weighted by atomic mass is 9.99. The molecular formula is C20H23NO4. The van der Waals surface area contributed by atoms with Gasteiger partial charge in [0.15, 0.2) is 0 Å². The first-order valence-electron chi connectivity index (χ1n) is 8.34. The molecule has 0 aromatic heterocycles. The zero-order chi connectivity index (χ0) is 18.4. The van der Waals surface area contributed by atoms with Crippen molar-refractivity contribution in [3.63, 3.8) is 0 Å². The largest absolute Gasteiger partial charge is 0.496 e. The maximum atomic E-state index is 12.4. The number of hydrogen-bond acceptors (Lipinski definition) is 4. The van der Waals surface area contributed by atoms with Crippen LogP contribution in [0.3, 0.4) is 0 Å². The molecule has 0 bridgehead atoms. The molecule has 1 aliphatic rings. The van der Waals surface area contributed by atoms with Gasteiger partial charge in [0.1, 0.15) is 11.4 Å². The van der Waals surface area contributed by atoms with Crippen molar-refractivity contribution in [3.8, 4) is 5.75 Å². The van der Waals surface area contributed by atoms with Gasteiger partial charge < -0.3 is 14.4 Å². The quantitative estimate of drug-likeness (QED) is 0.792. The molecule has 25 heavy (non-hydrogen) atoms. The van der Waals surface area contributed by atoms with Crippen molar-refractivity contribution in [2.45, 2.75) is 45.8 Å². The SMILES string of the molecule is COc1ccc2c3c(cccc13)N(C(C)=O)C2CC(=O)OC(C)(C)C. The molecule has 3 rings (SSSR count). The summed E-state index contributed by atoms with van der Waals surface area (Å²) in [5.41, 5.74) is 1.21. The average Bonchev–Trinajstić information content (AvgIpc) is 2.81. The summed E-state index contributed by atoms with van der Waals surface area (Å²) in [6.45, 7) is 7.03. The van der Waals surface area contributed by atoms with Crippen molar-refractivity contribution >= 4 is 28.3 Å². The topological polar surface area (TPSA) is 55.8 Å². The average molecular weight is 341 g/mol. The summed E-state index contributed by atoms with van der Waals surface area (Å²) >= 11 is 0. The van der Waals surface area contributed by atoms with Gasteiger partial charge in [-0.3, -0.25) is 9.59 Å². The molecule has 0 spiro atoms. The fourth-order valence-electron chi connectivity index (χ4n) is 3.48. The Bertz CT molecular complexity index is 851. The molecule has 0 N–H and O–H groups in total. The summed E-state index contributed by atoms with van der Waals surface area (Å²) in [6, 6.07) is 9.22. The first kappa shape index (κ1) is 17.3. The number of hydrogen-bond donors (Lipinski definition) is 0.